The van der Waals surface area contributed by atoms with Crippen LogP contribution in [-0.4, -0.2) is 39.6 Å². The van der Waals surface area contributed by atoms with Gasteiger partial charge in [-0.25, -0.2) is 9.99 Å². The van der Waals surface area contributed by atoms with E-state index in [-0.39, 0.29) is 10.4 Å². The Kier molecular flexibility index (Phi) is 6.82. The van der Waals surface area contributed by atoms with Gasteiger partial charge in [0.25, 0.3) is 0 Å². The Balaban J connectivity index is 1.25. The second kappa shape index (κ2) is 10.5. The van der Waals surface area contributed by atoms with E-state index in [4.69, 9.17) is 23.2 Å². The van der Waals surface area contributed by atoms with Crippen molar-refractivity contribution in [2.75, 3.05) is 5.01 Å². The lowest BCUT2D eigenvalue weighted by Crippen LogP contribution is -2.40. The van der Waals surface area contributed by atoms with Crippen molar-refractivity contribution in [3.63, 3.8) is 0 Å². The highest BCUT2D eigenvalue weighted by Crippen LogP contribution is 2.39. The molecule has 0 aliphatic carbocycles. The number of hydrazine groups is 1. The molecule has 0 saturated heterocycles. The molecule has 2 aromatic carbocycles. The fourth-order valence-corrected chi connectivity index (χ4v) is 5.03. The number of anilines is 1. The van der Waals surface area contributed by atoms with Crippen molar-refractivity contribution >= 4 is 29.0 Å². The molecule has 0 bridgehead atoms. The van der Waals surface area contributed by atoms with Gasteiger partial charge >= 0.3 is 0 Å². The first kappa shape index (κ1) is 24.6. The van der Waals surface area contributed by atoms with E-state index in [0.717, 1.165) is 22.3 Å². The number of halogens is 2. The van der Waals surface area contributed by atoms with Gasteiger partial charge in [0.05, 0.1) is 19.6 Å². The Morgan fingerprint density at radius 2 is 1.32 bits per heavy atom. The number of aliphatic hydroxyl groups excluding tert-OH is 1. The monoisotopic (exact) mass is 546 g/mol. The van der Waals surface area contributed by atoms with Crippen LogP contribution >= 0.6 is 23.2 Å². The van der Waals surface area contributed by atoms with Gasteiger partial charge in [0, 0.05) is 42.5 Å². The van der Waals surface area contributed by atoms with Crippen LogP contribution in [0.4, 0.5) is 5.82 Å². The highest BCUT2D eigenvalue weighted by Gasteiger charge is 2.36. The first-order valence-electron chi connectivity index (χ1n) is 12.1. The molecule has 11 heteroatoms. The summed E-state index contributed by atoms with van der Waals surface area (Å²) in [5.41, 5.74) is 4.74. The smallest absolute Gasteiger partial charge is 0.225 e. The van der Waals surface area contributed by atoms with Crippen LogP contribution in [0.5, 0.6) is 0 Å². The Labute approximate surface area is 229 Å². The molecule has 5 aromatic rings. The molecule has 0 spiro atoms. The van der Waals surface area contributed by atoms with Crippen molar-refractivity contribution in [1.82, 2.24) is 34.5 Å². The van der Waals surface area contributed by atoms with Crippen molar-refractivity contribution in [1.29, 1.82) is 0 Å². The summed E-state index contributed by atoms with van der Waals surface area (Å²) in [4.78, 5) is 8.55. The zero-order chi connectivity index (χ0) is 26.1. The summed E-state index contributed by atoms with van der Waals surface area (Å²) in [6, 6.07) is 19.9. The first-order valence-corrected chi connectivity index (χ1v) is 12.8. The number of fused-ring (bicyclic) bond motifs is 1. The van der Waals surface area contributed by atoms with Crippen molar-refractivity contribution in [3.05, 3.63) is 124 Å². The second-order valence-electron chi connectivity index (χ2n) is 9.09. The number of rotatable bonds is 8. The van der Waals surface area contributed by atoms with Crippen LogP contribution in [-0.2, 0) is 26.2 Å². The van der Waals surface area contributed by atoms with Gasteiger partial charge in [-0.1, -0.05) is 60.1 Å². The third kappa shape index (κ3) is 5.14. The molecule has 0 radical (unpaired) electrons. The van der Waals surface area contributed by atoms with Crippen molar-refractivity contribution in [3.8, 4) is 0 Å². The van der Waals surface area contributed by atoms with E-state index < -0.39 is 6.23 Å². The van der Waals surface area contributed by atoms with Gasteiger partial charge in [-0.15, -0.1) is 0 Å². The highest BCUT2D eigenvalue weighted by atomic mass is 35.5. The maximum Gasteiger partial charge on any atom is 0.225 e. The number of hydrogen-bond donors (Lipinski definition) is 1. The van der Waals surface area contributed by atoms with Gasteiger partial charge < -0.3 is 5.11 Å². The molecule has 6 rings (SSSR count). The summed E-state index contributed by atoms with van der Waals surface area (Å²) in [7, 11) is 0. The summed E-state index contributed by atoms with van der Waals surface area (Å²) in [5.74, 6) is 0.499. The molecule has 0 amide bonds. The van der Waals surface area contributed by atoms with E-state index in [2.05, 4.69) is 44.4 Å². The standard InChI is InChI=1S/C27H24Cl2N8O/c28-24-23-18-36(17-21-5-3-19(4-6-21)15-34-13-1-11-30-34)37(25(23)33-27(29)32-24)26(38)22-9-7-20(8-10-22)16-35-14-2-12-31-35/h1-14,26,38H,15-18H2. The SMILES string of the molecule is OC(c1ccc(Cn2cccn2)cc1)N1c2nc(Cl)nc(Cl)c2CN1Cc1ccc(Cn2cccn2)cc1. The first-order chi connectivity index (χ1) is 18.5. The van der Waals surface area contributed by atoms with E-state index >= 15 is 0 Å². The molecule has 3 aromatic heterocycles. The predicted molar refractivity (Wildman–Crippen MR) is 144 cm³/mol. The molecule has 0 fully saturated rings. The van der Waals surface area contributed by atoms with Crippen LogP contribution < -0.4 is 5.01 Å². The minimum absolute atomic E-state index is 0.0327. The zero-order valence-corrected chi connectivity index (χ0v) is 21.8. The molecule has 38 heavy (non-hydrogen) atoms. The van der Waals surface area contributed by atoms with Gasteiger partial charge in [0.15, 0.2) is 12.0 Å². The Morgan fingerprint density at radius 3 is 1.87 bits per heavy atom. The van der Waals surface area contributed by atoms with E-state index in [1.165, 1.54) is 0 Å². The molecule has 0 saturated carbocycles. The summed E-state index contributed by atoms with van der Waals surface area (Å²) < 4.78 is 3.74. The van der Waals surface area contributed by atoms with Crippen molar-refractivity contribution in [2.24, 2.45) is 0 Å². The van der Waals surface area contributed by atoms with Gasteiger partial charge in [-0.2, -0.15) is 15.2 Å². The van der Waals surface area contributed by atoms with Crippen molar-refractivity contribution in [2.45, 2.75) is 32.4 Å². The molecule has 1 N–H and O–H groups in total. The highest BCUT2D eigenvalue weighted by molar-refractivity contribution is 6.32. The molecule has 1 atom stereocenters. The maximum atomic E-state index is 11.5. The molecule has 9 nitrogen and oxygen atoms in total. The summed E-state index contributed by atoms with van der Waals surface area (Å²) in [6.45, 7) is 2.32. The molecule has 1 unspecified atom stereocenters. The Hall–Kier alpha value is -3.76. The van der Waals surface area contributed by atoms with Gasteiger partial charge in [-0.05, 0) is 40.4 Å². The molecule has 4 heterocycles. The van der Waals surface area contributed by atoms with Crippen LogP contribution in [0, 0.1) is 0 Å². The second-order valence-corrected chi connectivity index (χ2v) is 9.79. The van der Waals surface area contributed by atoms with Crippen molar-refractivity contribution < 1.29 is 5.11 Å². The fraction of sp³-hybridized carbons (Fsp3) is 0.185. The lowest BCUT2D eigenvalue weighted by atomic mass is 10.1. The normalized spacial score (nSPS) is 14.1. The van der Waals surface area contributed by atoms with Crippen LogP contribution in [0.1, 0.15) is 34.0 Å². The minimum Gasteiger partial charge on any atom is -0.368 e. The fourth-order valence-electron chi connectivity index (χ4n) is 4.60. The predicted octanol–water partition coefficient (Wildman–Crippen LogP) is 4.70. The summed E-state index contributed by atoms with van der Waals surface area (Å²) in [6.07, 6.45) is 6.37. The molecular formula is C27H24Cl2N8O. The Bertz CT molecular complexity index is 1510. The van der Waals surface area contributed by atoms with E-state index in [0.29, 0.717) is 37.6 Å². The number of benzene rings is 2. The van der Waals surface area contributed by atoms with Crippen LogP contribution in [0.2, 0.25) is 10.4 Å². The molecule has 192 valence electrons. The number of aliphatic hydroxyl groups is 1. The Morgan fingerprint density at radius 1 is 0.763 bits per heavy atom. The quantitative estimate of drug-likeness (QED) is 0.223. The number of nitrogens with zero attached hydrogens (tertiary/aromatic N) is 8. The average Bonchev–Trinajstić information content (AvgIpc) is 3.68. The molecular weight excluding hydrogens is 523 g/mol. The zero-order valence-electron chi connectivity index (χ0n) is 20.3. The van der Waals surface area contributed by atoms with Crippen LogP contribution in [0.25, 0.3) is 0 Å². The van der Waals surface area contributed by atoms with Gasteiger partial charge in [0.1, 0.15) is 5.15 Å². The number of aromatic nitrogens is 6. The van der Waals surface area contributed by atoms with E-state index in [9.17, 15) is 5.11 Å². The lowest BCUT2D eigenvalue weighted by molar-refractivity contribution is 0.0888. The minimum atomic E-state index is -1.00. The number of hydrogen-bond acceptors (Lipinski definition) is 7. The molecule has 1 aliphatic rings. The average molecular weight is 547 g/mol. The summed E-state index contributed by atoms with van der Waals surface area (Å²) >= 11 is 12.6. The van der Waals surface area contributed by atoms with Crippen LogP contribution in [0.3, 0.4) is 0 Å². The third-order valence-electron chi connectivity index (χ3n) is 6.47. The van der Waals surface area contributed by atoms with E-state index in [1.54, 1.807) is 17.4 Å². The lowest BCUT2D eigenvalue weighted by Gasteiger charge is -2.33. The topological polar surface area (TPSA) is 88.1 Å². The largest absolute Gasteiger partial charge is 0.368 e. The maximum absolute atomic E-state index is 11.5. The summed E-state index contributed by atoms with van der Waals surface area (Å²) in [5, 5.41) is 24.1. The van der Waals surface area contributed by atoms with E-state index in [1.807, 2.05) is 63.2 Å². The molecule has 1 aliphatic heterocycles. The van der Waals surface area contributed by atoms with Gasteiger partial charge in [0.2, 0.25) is 5.28 Å². The third-order valence-corrected chi connectivity index (χ3v) is 6.96. The van der Waals surface area contributed by atoms with Crippen LogP contribution in [0.15, 0.2) is 85.5 Å². The van der Waals surface area contributed by atoms with Gasteiger partial charge in [-0.3, -0.25) is 14.4 Å².